The topological polar surface area (TPSA) is 78.7 Å². The number of hydrogen-bond acceptors (Lipinski definition) is 4. The van der Waals surface area contributed by atoms with E-state index in [2.05, 4.69) is 5.10 Å². The maximum absolute atomic E-state index is 11.7. The molecule has 0 aliphatic carbocycles. The van der Waals surface area contributed by atoms with Crippen LogP contribution in [0.25, 0.3) is 0 Å². The summed E-state index contributed by atoms with van der Waals surface area (Å²) in [7, 11) is 5.09. The van der Waals surface area contributed by atoms with Crippen molar-refractivity contribution in [2.75, 3.05) is 27.2 Å². The number of rotatable bonds is 6. The van der Waals surface area contributed by atoms with Crippen LogP contribution in [-0.2, 0) is 18.4 Å². The van der Waals surface area contributed by atoms with E-state index in [-0.39, 0.29) is 18.0 Å². The number of amides is 1. The van der Waals surface area contributed by atoms with Crippen LogP contribution in [0, 0.1) is 0 Å². The molecule has 7 nitrogen and oxygen atoms in total. The molecular formula is C12H20N4O3. The molecule has 0 aliphatic rings. The zero-order chi connectivity index (χ0) is 14.6. The third-order valence-electron chi connectivity index (χ3n) is 2.97. The van der Waals surface area contributed by atoms with Gasteiger partial charge in [-0.2, -0.15) is 5.10 Å². The maximum atomic E-state index is 11.7. The first-order valence-electron chi connectivity index (χ1n) is 6.03. The van der Waals surface area contributed by atoms with Crippen molar-refractivity contribution >= 4 is 11.9 Å². The molecule has 0 saturated heterocycles. The van der Waals surface area contributed by atoms with Crippen LogP contribution < -0.4 is 0 Å². The summed E-state index contributed by atoms with van der Waals surface area (Å²) >= 11 is 0. The highest BCUT2D eigenvalue weighted by Crippen LogP contribution is 2.11. The minimum atomic E-state index is -1.00. The molecule has 106 valence electrons. The van der Waals surface area contributed by atoms with E-state index in [0.717, 1.165) is 0 Å². The predicted molar refractivity (Wildman–Crippen MR) is 69.8 cm³/mol. The number of hydrogen-bond donors (Lipinski definition) is 1. The summed E-state index contributed by atoms with van der Waals surface area (Å²) in [6, 6.07) is 0. The molecule has 19 heavy (non-hydrogen) atoms. The Labute approximate surface area is 112 Å². The monoisotopic (exact) mass is 268 g/mol. The molecule has 1 rings (SSSR count). The summed E-state index contributed by atoms with van der Waals surface area (Å²) in [6.07, 6.45) is 1.33. The van der Waals surface area contributed by atoms with E-state index in [0.29, 0.717) is 18.8 Å². The lowest BCUT2D eigenvalue weighted by Crippen LogP contribution is -2.36. The van der Waals surface area contributed by atoms with Crippen LogP contribution in [0.4, 0.5) is 0 Å². The SMILES string of the molecule is CCN(CC(=O)N(C)C)Cc1c(C(=O)O)cnn1C. The van der Waals surface area contributed by atoms with Gasteiger partial charge in [0.1, 0.15) is 5.56 Å². The van der Waals surface area contributed by atoms with E-state index in [4.69, 9.17) is 5.11 Å². The van der Waals surface area contributed by atoms with Gasteiger partial charge in [-0.1, -0.05) is 6.92 Å². The molecule has 0 saturated carbocycles. The van der Waals surface area contributed by atoms with Crippen molar-refractivity contribution in [1.82, 2.24) is 19.6 Å². The molecule has 0 aliphatic heterocycles. The molecule has 7 heteroatoms. The summed E-state index contributed by atoms with van der Waals surface area (Å²) in [5.74, 6) is -1.01. The van der Waals surface area contributed by atoms with Crippen LogP contribution >= 0.6 is 0 Å². The van der Waals surface area contributed by atoms with Gasteiger partial charge in [-0.15, -0.1) is 0 Å². The normalized spacial score (nSPS) is 10.8. The largest absolute Gasteiger partial charge is 0.478 e. The Morgan fingerprint density at radius 1 is 1.42 bits per heavy atom. The molecule has 1 aromatic rings. The number of carbonyl (C=O) groups is 2. The summed E-state index contributed by atoms with van der Waals surface area (Å²) in [5, 5.41) is 13.0. The van der Waals surface area contributed by atoms with E-state index in [1.54, 1.807) is 21.1 Å². The van der Waals surface area contributed by atoms with Crippen molar-refractivity contribution in [3.05, 3.63) is 17.5 Å². The van der Waals surface area contributed by atoms with E-state index < -0.39 is 5.97 Å². The number of likely N-dealkylation sites (N-methyl/N-ethyl adjacent to an activating group) is 2. The minimum Gasteiger partial charge on any atom is -0.478 e. The molecule has 0 unspecified atom stereocenters. The number of aryl methyl sites for hydroxylation is 1. The Morgan fingerprint density at radius 3 is 2.53 bits per heavy atom. The van der Waals surface area contributed by atoms with Gasteiger partial charge < -0.3 is 10.0 Å². The first kappa shape index (κ1) is 15.2. The number of carboxylic acid groups (broad SMARTS) is 1. The van der Waals surface area contributed by atoms with Crippen LogP contribution in [0.1, 0.15) is 23.0 Å². The fraction of sp³-hybridized carbons (Fsp3) is 0.583. The van der Waals surface area contributed by atoms with Crippen molar-refractivity contribution in [2.24, 2.45) is 7.05 Å². The standard InChI is InChI=1S/C12H20N4O3/c1-5-16(8-11(17)14(2)3)7-10-9(12(18)19)6-13-15(10)4/h6H,5,7-8H2,1-4H3,(H,18,19). The van der Waals surface area contributed by atoms with Gasteiger partial charge in [0.15, 0.2) is 0 Å². The Bertz CT molecular complexity index is 468. The zero-order valence-electron chi connectivity index (χ0n) is 11.8. The summed E-state index contributed by atoms with van der Waals surface area (Å²) in [5.41, 5.74) is 0.777. The molecule has 1 amide bonds. The lowest BCUT2D eigenvalue weighted by Gasteiger charge is -2.22. The molecule has 0 fully saturated rings. The fourth-order valence-electron chi connectivity index (χ4n) is 1.65. The van der Waals surface area contributed by atoms with Gasteiger partial charge in [-0.3, -0.25) is 14.4 Å². The second kappa shape index (κ2) is 6.33. The molecule has 1 heterocycles. The second-order valence-electron chi connectivity index (χ2n) is 4.53. The molecule has 1 aromatic heterocycles. The summed E-state index contributed by atoms with van der Waals surface area (Å²) in [6.45, 7) is 3.23. The Morgan fingerprint density at radius 2 is 2.05 bits per heavy atom. The van der Waals surface area contributed by atoms with Crippen molar-refractivity contribution in [3.63, 3.8) is 0 Å². The number of carboxylic acids is 1. The fourth-order valence-corrected chi connectivity index (χ4v) is 1.65. The molecular weight excluding hydrogens is 248 g/mol. The van der Waals surface area contributed by atoms with Gasteiger partial charge in [0.25, 0.3) is 0 Å². The van der Waals surface area contributed by atoms with Crippen LogP contribution in [-0.4, -0.2) is 63.7 Å². The number of carbonyl (C=O) groups excluding carboxylic acids is 1. The van der Waals surface area contributed by atoms with Gasteiger partial charge in [0.2, 0.25) is 5.91 Å². The van der Waals surface area contributed by atoms with E-state index >= 15 is 0 Å². The lowest BCUT2D eigenvalue weighted by atomic mass is 10.2. The Hall–Kier alpha value is -1.89. The molecule has 0 atom stereocenters. The lowest BCUT2D eigenvalue weighted by molar-refractivity contribution is -0.130. The number of aromatic carboxylic acids is 1. The van der Waals surface area contributed by atoms with Gasteiger partial charge in [-0.25, -0.2) is 4.79 Å². The van der Waals surface area contributed by atoms with Crippen molar-refractivity contribution < 1.29 is 14.7 Å². The maximum Gasteiger partial charge on any atom is 0.339 e. The van der Waals surface area contributed by atoms with E-state index in [1.807, 2.05) is 11.8 Å². The highest BCUT2D eigenvalue weighted by atomic mass is 16.4. The van der Waals surface area contributed by atoms with Gasteiger partial charge in [0, 0.05) is 27.7 Å². The first-order valence-corrected chi connectivity index (χ1v) is 6.03. The zero-order valence-corrected chi connectivity index (χ0v) is 11.8. The molecule has 0 aromatic carbocycles. The van der Waals surface area contributed by atoms with Gasteiger partial charge >= 0.3 is 5.97 Å². The summed E-state index contributed by atoms with van der Waals surface area (Å²) in [4.78, 5) is 26.2. The highest BCUT2D eigenvalue weighted by Gasteiger charge is 2.19. The quantitative estimate of drug-likeness (QED) is 0.787. The van der Waals surface area contributed by atoms with Crippen molar-refractivity contribution in [2.45, 2.75) is 13.5 Å². The molecule has 0 radical (unpaired) electrons. The van der Waals surface area contributed by atoms with Gasteiger partial charge in [0.05, 0.1) is 18.4 Å². The Balaban J connectivity index is 2.84. The van der Waals surface area contributed by atoms with Crippen LogP contribution in [0.2, 0.25) is 0 Å². The molecule has 0 spiro atoms. The first-order chi connectivity index (χ1) is 8.86. The van der Waals surface area contributed by atoms with Crippen LogP contribution in [0.3, 0.4) is 0 Å². The number of nitrogens with zero attached hydrogens (tertiary/aromatic N) is 4. The Kier molecular flexibility index (Phi) is 5.05. The highest BCUT2D eigenvalue weighted by molar-refractivity contribution is 5.88. The second-order valence-corrected chi connectivity index (χ2v) is 4.53. The smallest absolute Gasteiger partial charge is 0.339 e. The van der Waals surface area contributed by atoms with Crippen molar-refractivity contribution in [1.29, 1.82) is 0 Å². The predicted octanol–water partition coefficient (Wildman–Crippen LogP) is 0.0284. The number of aromatic nitrogens is 2. The van der Waals surface area contributed by atoms with Crippen LogP contribution in [0.5, 0.6) is 0 Å². The summed E-state index contributed by atoms with van der Waals surface area (Å²) < 4.78 is 1.53. The van der Waals surface area contributed by atoms with Crippen molar-refractivity contribution in [3.8, 4) is 0 Å². The molecule has 1 N–H and O–H groups in total. The third-order valence-corrected chi connectivity index (χ3v) is 2.97. The van der Waals surface area contributed by atoms with Gasteiger partial charge in [-0.05, 0) is 6.54 Å². The van der Waals surface area contributed by atoms with Crippen LogP contribution in [0.15, 0.2) is 6.20 Å². The third kappa shape index (κ3) is 3.78. The average Bonchev–Trinajstić information content (AvgIpc) is 2.69. The van der Waals surface area contributed by atoms with E-state index in [1.165, 1.54) is 15.8 Å². The minimum absolute atomic E-state index is 0.0131. The average molecular weight is 268 g/mol. The van der Waals surface area contributed by atoms with E-state index in [9.17, 15) is 9.59 Å². The molecule has 0 bridgehead atoms.